The monoisotopic (exact) mass is 325 g/mol. The van der Waals surface area contributed by atoms with Gasteiger partial charge in [0.1, 0.15) is 0 Å². The number of piperidine rings is 1. The second-order valence-electron chi connectivity index (χ2n) is 6.79. The van der Waals surface area contributed by atoms with Crippen LogP contribution in [-0.4, -0.2) is 47.1 Å². The predicted octanol–water partition coefficient (Wildman–Crippen LogP) is 2.76. The molecule has 0 atom stereocenters. The Kier molecular flexibility index (Phi) is 4.43. The maximum atomic E-state index is 12.6. The van der Waals surface area contributed by atoms with Gasteiger partial charge in [-0.15, -0.1) is 0 Å². The number of amides is 1. The van der Waals surface area contributed by atoms with Crippen LogP contribution < -0.4 is 0 Å². The van der Waals surface area contributed by atoms with Gasteiger partial charge in [-0.05, 0) is 43.9 Å². The Hall–Kier alpha value is -2.01. The van der Waals surface area contributed by atoms with Crippen molar-refractivity contribution in [1.29, 1.82) is 0 Å². The smallest absolute Gasteiger partial charge is 0.225 e. The molecule has 0 N–H and O–H groups in total. The molecular formula is C19H23N3O2. The van der Waals surface area contributed by atoms with E-state index in [1.165, 1.54) is 0 Å². The number of carbonyl (C=O) groups excluding carboxylic acids is 1. The van der Waals surface area contributed by atoms with Crippen molar-refractivity contribution in [2.75, 3.05) is 26.3 Å². The molecule has 2 fully saturated rings. The lowest BCUT2D eigenvalue weighted by Gasteiger charge is -2.35. The molecule has 126 valence electrons. The minimum Gasteiger partial charge on any atom is -0.381 e. The second-order valence-corrected chi connectivity index (χ2v) is 6.79. The molecule has 1 amide bonds. The van der Waals surface area contributed by atoms with Crippen LogP contribution >= 0.6 is 0 Å². The van der Waals surface area contributed by atoms with Crippen molar-refractivity contribution >= 4 is 16.8 Å². The summed E-state index contributed by atoms with van der Waals surface area (Å²) in [7, 11) is 0. The van der Waals surface area contributed by atoms with Gasteiger partial charge < -0.3 is 9.64 Å². The van der Waals surface area contributed by atoms with Gasteiger partial charge in [-0.3, -0.25) is 14.8 Å². The van der Waals surface area contributed by atoms with Crippen LogP contribution in [0.2, 0.25) is 0 Å². The Bertz CT molecular complexity index is 719. The van der Waals surface area contributed by atoms with E-state index in [1.807, 2.05) is 29.4 Å². The molecule has 0 aliphatic carbocycles. The molecule has 0 radical (unpaired) electrons. The number of fused-ring (bicyclic) bond motifs is 1. The van der Waals surface area contributed by atoms with E-state index in [-0.39, 0.29) is 5.92 Å². The van der Waals surface area contributed by atoms with Gasteiger partial charge in [0.05, 0.1) is 5.52 Å². The highest BCUT2D eigenvalue weighted by atomic mass is 16.5. The third-order valence-electron chi connectivity index (χ3n) is 5.30. The minimum absolute atomic E-state index is 0.165. The highest BCUT2D eigenvalue weighted by molar-refractivity contribution is 5.79. The van der Waals surface area contributed by atoms with Crippen LogP contribution in [0.4, 0.5) is 0 Å². The fraction of sp³-hybridized carbons (Fsp3) is 0.526. The summed E-state index contributed by atoms with van der Waals surface area (Å²) in [6, 6.07) is 6.08. The fourth-order valence-electron chi connectivity index (χ4n) is 3.80. The maximum absolute atomic E-state index is 12.6. The zero-order valence-corrected chi connectivity index (χ0v) is 13.9. The van der Waals surface area contributed by atoms with E-state index in [0.717, 1.165) is 68.6 Å². The molecule has 0 unspecified atom stereocenters. The van der Waals surface area contributed by atoms with Gasteiger partial charge in [0.25, 0.3) is 0 Å². The molecule has 0 bridgehead atoms. The van der Waals surface area contributed by atoms with Gasteiger partial charge in [0, 0.05) is 61.6 Å². The molecule has 2 aromatic heterocycles. The molecule has 0 aromatic carbocycles. The predicted molar refractivity (Wildman–Crippen MR) is 91.6 cm³/mol. The average Bonchev–Trinajstić information content (AvgIpc) is 2.68. The van der Waals surface area contributed by atoms with E-state index in [2.05, 4.69) is 16.0 Å². The number of hydrogen-bond donors (Lipinski definition) is 0. The van der Waals surface area contributed by atoms with Crippen molar-refractivity contribution < 1.29 is 9.53 Å². The molecule has 2 aromatic rings. The van der Waals surface area contributed by atoms with E-state index in [9.17, 15) is 4.79 Å². The first-order valence-electron chi connectivity index (χ1n) is 8.88. The number of likely N-dealkylation sites (tertiary alicyclic amines) is 1. The topological polar surface area (TPSA) is 55.3 Å². The number of nitrogens with zero attached hydrogens (tertiary/aromatic N) is 3. The van der Waals surface area contributed by atoms with Crippen molar-refractivity contribution in [3.63, 3.8) is 0 Å². The van der Waals surface area contributed by atoms with Crippen LogP contribution in [-0.2, 0) is 9.53 Å². The zero-order valence-electron chi connectivity index (χ0n) is 13.9. The summed E-state index contributed by atoms with van der Waals surface area (Å²) in [5, 5.41) is 1.08. The standard InChI is InChI=1S/C19H23N3O2/c23-19(15-5-10-24-11-6-15)22-8-3-14(4-9-22)17-12-18-16(13-21-17)2-1-7-20-18/h1-2,7,12-15H,3-6,8-11H2. The molecule has 2 saturated heterocycles. The minimum atomic E-state index is 0.165. The number of rotatable bonds is 2. The van der Waals surface area contributed by atoms with Crippen molar-refractivity contribution in [1.82, 2.24) is 14.9 Å². The van der Waals surface area contributed by atoms with Crippen LogP contribution in [0.1, 0.15) is 37.3 Å². The number of carbonyl (C=O) groups is 1. The SMILES string of the molecule is O=C(C1CCOCC1)N1CCC(c2cc3ncccc3cn2)CC1. The summed E-state index contributed by atoms with van der Waals surface area (Å²) in [4.78, 5) is 23.7. The van der Waals surface area contributed by atoms with Crippen LogP contribution in [0.5, 0.6) is 0 Å². The Balaban J connectivity index is 1.40. The third kappa shape index (κ3) is 3.13. The summed E-state index contributed by atoms with van der Waals surface area (Å²) >= 11 is 0. The van der Waals surface area contributed by atoms with E-state index in [0.29, 0.717) is 11.8 Å². The summed E-state index contributed by atoms with van der Waals surface area (Å²) in [6.07, 6.45) is 7.45. The summed E-state index contributed by atoms with van der Waals surface area (Å²) in [6.45, 7) is 3.12. The molecular weight excluding hydrogens is 302 g/mol. The van der Waals surface area contributed by atoms with E-state index < -0.39 is 0 Å². The average molecular weight is 325 g/mol. The lowest BCUT2D eigenvalue weighted by molar-refractivity contribution is -0.139. The highest BCUT2D eigenvalue weighted by Gasteiger charge is 2.30. The Morgan fingerprint density at radius 2 is 1.92 bits per heavy atom. The third-order valence-corrected chi connectivity index (χ3v) is 5.30. The summed E-state index contributed by atoms with van der Waals surface area (Å²) in [5.41, 5.74) is 2.11. The Labute approximate surface area is 142 Å². The van der Waals surface area contributed by atoms with E-state index in [4.69, 9.17) is 4.74 Å². The van der Waals surface area contributed by atoms with Crippen molar-refractivity contribution in [3.8, 4) is 0 Å². The maximum Gasteiger partial charge on any atom is 0.225 e. The molecule has 0 saturated carbocycles. The lowest BCUT2D eigenvalue weighted by atomic mass is 9.91. The first-order valence-corrected chi connectivity index (χ1v) is 8.88. The Morgan fingerprint density at radius 1 is 1.12 bits per heavy atom. The van der Waals surface area contributed by atoms with Gasteiger partial charge in [0.2, 0.25) is 5.91 Å². The molecule has 4 heterocycles. The normalized spacial score (nSPS) is 20.4. The number of aromatic nitrogens is 2. The molecule has 4 rings (SSSR count). The van der Waals surface area contributed by atoms with Crippen molar-refractivity contribution in [3.05, 3.63) is 36.3 Å². The molecule has 5 nitrogen and oxygen atoms in total. The van der Waals surface area contributed by atoms with Gasteiger partial charge >= 0.3 is 0 Å². The first kappa shape index (κ1) is 15.5. The van der Waals surface area contributed by atoms with Gasteiger partial charge in [-0.1, -0.05) is 0 Å². The van der Waals surface area contributed by atoms with Crippen LogP contribution in [0.3, 0.4) is 0 Å². The number of ether oxygens (including phenoxy) is 1. The molecule has 5 heteroatoms. The molecule has 2 aliphatic rings. The van der Waals surface area contributed by atoms with E-state index >= 15 is 0 Å². The van der Waals surface area contributed by atoms with Gasteiger partial charge in [-0.25, -0.2) is 0 Å². The van der Waals surface area contributed by atoms with Gasteiger partial charge in [-0.2, -0.15) is 0 Å². The first-order chi connectivity index (χ1) is 11.8. The highest BCUT2D eigenvalue weighted by Crippen LogP contribution is 2.29. The van der Waals surface area contributed by atoms with Crippen molar-refractivity contribution in [2.45, 2.75) is 31.6 Å². The Morgan fingerprint density at radius 3 is 2.71 bits per heavy atom. The molecule has 2 aliphatic heterocycles. The van der Waals surface area contributed by atoms with Crippen molar-refractivity contribution in [2.24, 2.45) is 5.92 Å². The molecule has 0 spiro atoms. The second kappa shape index (κ2) is 6.85. The quantitative estimate of drug-likeness (QED) is 0.852. The zero-order chi connectivity index (χ0) is 16.4. The largest absolute Gasteiger partial charge is 0.381 e. The lowest BCUT2D eigenvalue weighted by Crippen LogP contribution is -2.42. The number of hydrogen-bond acceptors (Lipinski definition) is 4. The van der Waals surface area contributed by atoms with Crippen LogP contribution in [0.15, 0.2) is 30.6 Å². The summed E-state index contributed by atoms with van der Waals surface area (Å²) < 4.78 is 5.36. The fourth-order valence-corrected chi connectivity index (χ4v) is 3.80. The van der Waals surface area contributed by atoms with E-state index in [1.54, 1.807) is 0 Å². The molecule has 24 heavy (non-hydrogen) atoms. The number of pyridine rings is 2. The summed E-state index contributed by atoms with van der Waals surface area (Å²) in [5.74, 6) is 0.915. The van der Waals surface area contributed by atoms with Crippen LogP contribution in [0.25, 0.3) is 10.9 Å². The van der Waals surface area contributed by atoms with Gasteiger partial charge in [0.15, 0.2) is 0 Å². The van der Waals surface area contributed by atoms with Crippen LogP contribution in [0, 0.1) is 5.92 Å².